The van der Waals surface area contributed by atoms with Gasteiger partial charge in [0.05, 0.1) is 24.3 Å². The first-order valence-electron chi connectivity index (χ1n) is 9.43. The lowest BCUT2D eigenvalue weighted by molar-refractivity contribution is -0.130. The minimum absolute atomic E-state index is 0.161. The minimum Gasteiger partial charge on any atom is -0.495 e. The summed E-state index contributed by atoms with van der Waals surface area (Å²) in [6.45, 7) is 1.63. The minimum atomic E-state index is -1.37. The Labute approximate surface area is 167 Å². The summed E-state index contributed by atoms with van der Waals surface area (Å²) < 4.78 is 5.32. The third-order valence-electron chi connectivity index (χ3n) is 5.55. The van der Waals surface area contributed by atoms with Gasteiger partial charge >= 0.3 is 0 Å². The van der Waals surface area contributed by atoms with Crippen LogP contribution in [0.4, 0.5) is 5.69 Å². The van der Waals surface area contributed by atoms with Crippen LogP contribution in [-0.2, 0) is 11.2 Å². The molecule has 7 nitrogen and oxygen atoms in total. The lowest BCUT2D eigenvalue weighted by Crippen LogP contribution is -2.51. The Morgan fingerprint density at radius 3 is 2.55 bits per heavy atom. The molecule has 4 rings (SSSR count). The van der Waals surface area contributed by atoms with Gasteiger partial charge in [-0.25, -0.2) is 0 Å². The number of ether oxygens (including phenoxy) is 1. The van der Waals surface area contributed by atoms with E-state index in [0.717, 1.165) is 5.56 Å². The number of aromatic amines is 2. The zero-order valence-electron chi connectivity index (χ0n) is 16.2. The molecule has 7 heteroatoms. The molecule has 0 aliphatic heterocycles. The smallest absolute Gasteiger partial charge is 0.267 e. The fourth-order valence-corrected chi connectivity index (χ4v) is 4.28. The van der Waals surface area contributed by atoms with Gasteiger partial charge in [-0.15, -0.1) is 0 Å². The quantitative estimate of drug-likeness (QED) is 0.546. The number of carbonyl (C=O) groups is 1. The second kappa shape index (κ2) is 7.25. The van der Waals surface area contributed by atoms with E-state index in [1.165, 1.54) is 7.11 Å². The van der Waals surface area contributed by atoms with Crippen molar-refractivity contribution in [1.29, 1.82) is 0 Å². The van der Waals surface area contributed by atoms with E-state index in [1.807, 2.05) is 36.4 Å². The third kappa shape index (κ3) is 3.34. The molecule has 2 aromatic carbocycles. The van der Waals surface area contributed by atoms with Crippen LogP contribution in [0, 0.1) is 5.92 Å². The molecule has 0 saturated heterocycles. The van der Waals surface area contributed by atoms with Crippen LogP contribution in [0.2, 0.25) is 0 Å². The zero-order valence-corrected chi connectivity index (χ0v) is 16.2. The average molecular weight is 393 g/mol. The van der Waals surface area contributed by atoms with E-state index in [9.17, 15) is 14.7 Å². The number of amides is 1. The second-order valence-electron chi connectivity index (χ2n) is 7.56. The van der Waals surface area contributed by atoms with Gasteiger partial charge in [-0.1, -0.05) is 42.5 Å². The second-order valence-corrected chi connectivity index (χ2v) is 7.56. The van der Waals surface area contributed by atoms with E-state index in [-0.39, 0.29) is 17.9 Å². The van der Waals surface area contributed by atoms with Crippen LogP contribution in [0.3, 0.4) is 0 Å². The fraction of sp³-hybridized carbons (Fsp3) is 0.273. The summed E-state index contributed by atoms with van der Waals surface area (Å²) in [5.74, 6) is -1.33. The molecule has 0 spiro atoms. The summed E-state index contributed by atoms with van der Waals surface area (Å²) in [5.41, 5.74) is 0.762. The molecule has 3 aromatic rings. The first kappa shape index (κ1) is 19.0. The summed E-state index contributed by atoms with van der Waals surface area (Å²) >= 11 is 0. The SMILES string of the molecule is COc1ccccc1NC(=O)[C@@H]1[C@H](c2ccccc2)c2c([nH][nH]c2=O)C[C@@]1(C)O. The standard InChI is InChI=1S/C22H23N3O4/c1-22(28)12-15-18(20(26)25-24-15)17(13-8-4-3-5-9-13)19(22)21(27)23-14-10-6-7-11-16(14)29-2/h3-11,17,19,28H,12H2,1-2H3,(H,23,27)(H2,24,25,26)/t17-,19+,22-/m1/s1. The molecule has 4 N–H and O–H groups in total. The van der Waals surface area contributed by atoms with Crippen LogP contribution in [0.1, 0.15) is 29.7 Å². The molecule has 1 aliphatic carbocycles. The summed E-state index contributed by atoms with van der Waals surface area (Å²) in [7, 11) is 1.53. The predicted molar refractivity (Wildman–Crippen MR) is 109 cm³/mol. The molecule has 29 heavy (non-hydrogen) atoms. The van der Waals surface area contributed by atoms with Gasteiger partial charge in [0.25, 0.3) is 5.56 Å². The molecule has 1 amide bonds. The number of H-pyrrole nitrogens is 2. The van der Waals surface area contributed by atoms with E-state index < -0.39 is 17.4 Å². The van der Waals surface area contributed by atoms with Crippen LogP contribution in [0.15, 0.2) is 59.4 Å². The Kier molecular flexibility index (Phi) is 4.76. The van der Waals surface area contributed by atoms with Crippen molar-refractivity contribution >= 4 is 11.6 Å². The molecule has 1 aliphatic rings. The lowest BCUT2D eigenvalue weighted by atomic mass is 9.66. The number of aliphatic hydroxyl groups is 1. The Hall–Kier alpha value is -3.32. The number of benzene rings is 2. The van der Waals surface area contributed by atoms with Crippen molar-refractivity contribution in [3.8, 4) is 5.75 Å². The van der Waals surface area contributed by atoms with Crippen molar-refractivity contribution in [2.75, 3.05) is 12.4 Å². The first-order chi connectivity index (χ1) is 13.9. The van der Waals surface area contributed by atoms with Crippen molar-refractivity contribution in [3.63, 3.8) is 0 Å². The molecule has 0 radical (unpaired) electrons. The average Bonchev–Trinajstić information content (AvgIpc) is 3.06. The highest BCUT2D eigenvalue weighted by Crippen LogP contribution is 2.44. The number of hydrogen-bond acceptors (Lipinski definition) is 4. The van der Waals surface area contributed by atoms with E-state index in [2.05, 4.69) is 15.5 Å². The monoisotopic (exact) mass is 393 g/mol. The third-order valence-corrected chi connectivity index (χ3v) is 5.55. The molecule has 0 bridgehead atoms. The van der Waals surface area contributed by atoms with Crippen LogP contribution >= 0.6 is 0 Å². The van der Waals surface area contributed by atoms with Crippen molar-refractivity contribution in [2.24, 2.45) is 5.92 Å². The van der Waals surface area contributed by atoms with Gasteiger partial charge < -0.3 is 20.3 Å². The van der Waals surface area contributed by atoms with Gasteiger partial charge in [0, 0.05) is 23.6 Å². The van der Waals surface area contributed by atoms with E-state index >= 15 is 0 Å². The van der Waals surface area contributed by atoms with Crippen LogP contribution in [0.25, 0.3) is 0 Å². The molecule has 150 valence electrons. The van der Waals surface area contributed by atoms with Crippen molar-refractivity contribution in [1.82, 2.24) is 10.2 Å². The Morgan fingerprint density at radius 2 is 1.83 bits per heavy atom. The number of aromatic nitrogens is 2. The molecular weight excluding hydrogens is 370 g/mol. The summed E-state index contributed by atoms with van der Waals surface area (Å²) in [4.78, 5) is 26.0. The highest BCUT2D eigenvalue weighted by molar-refractivity contribution is 5.96. The summed E-state index contributed by atoms with van der Waals surface area (Å²) in [5, 5.41) is 19.6. The maximum absolute atomic E-state index is 13.4. The highest BCUT2D eigenvalue weighted by atomic mass is 16.5. The van der Waals surface area contributed by atoms with Gasteiger partial charge in [0.15, 0.2) is 0 Å². The number of carbonyl (C=O) groups excluding carboxylic acids is 1. The summed E-state index contributed by atoms with van der Waals surface area (Å²) in [6, 6.07) is 16.4. The Morgan fingerprint density at radius 1 is 1.14 bits per heavy atom. The van der Waals surface area contributed by atoms with Gasteiger partial charge in [-0.2, -0.15) is 0 Å². The number of nitrogens with one attached hydrogen (secondary N) is 3. The Balaban J connectivity index is 1.81. The van der Waals surface area contributed by atoms with Gasteiger partial charge in [0.2, 0.25) is 5.91 Å². The van der Waals surface area contributed by atoms with E-state index in [1.54, 1.807) is 25.1 Å². The number of hydrogen-bond donors (Lipinski definition) is 4. The van der Waals surface area contributed by atoms with Crippen LogP contribution in [0.5, 0.6) is 5.75 Å². The topological polar surface area (TPSA) is 107 Å². The van der Waals surface area contributed by atoms with Gasteiger partial charge in [-0.05, 0) is 24.6 Å². The van der Waals surface area contributed by atoms with Crippen LogP contribution in [-0.4, -0.2) is 33.9 Å². The number of anilines is 1. The van der Waals surface area contributed by atoms with Gasteiger partial charge in [-0.3, -0.25) is 14.7 Å². The largest absolute Gasteiger partial charge is 0.495 e. The van der Waals surface area contributed by atoms with Crippen molar-refractivity contribution in [3.05, 3.63) is 81.8 Å². The molecule has 3 atom stereocenters. The number of rotatable bonds is 4. The van der Waals surface area contributed by atoms with Crippen molar-refractivity contribution in [2.45, 2.75) is 24.9 Å². The van der Waals surface area contributed by atoms with E-state index in [4.69, 9.17) is 4.74 Å². The molecule has 1 heterocycles. The normalized spacial score (nSPS) is 23.3. The maximum Gasteiger partial charge on any atom is 0.267 e. The predicted octanol–water partition coefficient (Wildman–Crippen LogP) is 2.41. The fourth-order valence-electron chi connectivity index (χ4n) is 4.28. The Bertz CT molecular complexity index is 1080. The molecular formula is C22H23N3O4. The zero-order chi connectivity index (χ0) is 20.6. The van der Waals surface area contributed by atoms with Crippen molar-refractivity contribution < 1.29 is 14.6 Å². The number of para-hydroxylation sites is 2. The summed E-state index contributed by atoms with van der Waals surface area (Å²) in [6.07, 6.45) is 0.161. The van der Waals surface area contributed by atoms with Crippen LogP contribution < -0.4 is 15.6 Å². The molecule has 0 unspecified atom stereocenters. The molecule has 0 saturated carbocycles. The lowest BCUT2D eigenvalue weighted by Gasteiger charge is -2.41. The molecule has 0 fully saturated rings. The maximum atomic E-state index is 13.4. The number of fused-ring (bicyclic) bond motifs is 1. The van der Waals surface area contributed by atoms with Gasteiger partial charge in [0.1, 0.15) is 5.75 Å². The molecule has 1 aromatic heterocycles. The van der Waals surface area contributed by atoms with E-state index in [0.29, 0.717) is 22.7 Å². The number of methoxy groups -OCH3 is 1. The first-order valence-corrected chi connectivity index (χ1v) is 9.43. The highest BCUT2D eigenvalue weighted by Gasteiger charge is 2.50.